The van der Waals surface area contributed by atoms with Crippen molar-refractivity contribution >= 4 is 0 Å². The molecule has 0 aromatic rings. The molecule has 0 aromatic carbocycles. The zero-order valence-electron chi connectivity index (χ0n) is 12.0. The zero-order chi connectivity index (χ0) is 12.3. The molecule has 0 aromatic heterocycles. The van der Waals surface area contributed by atoms with Gasteiger partial charge in [-0.25, -0.2) is 0 Å². The smallest absolute Gasteiger partial charge is 0.00504 e. The van der Waals surface area contributed by atoms with Crippen LogP contribution in [0.5, 0.6) is 0 Å². The second kappa shape index (κ2) is 5.71. The van der Waals surface area contributed by atoms with Crippen LogP contribution in [-0.4, -0.2) is 37.6 Å². The summed E-state index contributed by atoms with van der Waals surface area (Å²) >= 11 is 0. The fraction of sp³-hybridized carbons (Fsp3) is 1.00. The van der Waals surface area contributed by atoms with Gasteiger partial charge in [0, 0.05) is 26.2 Å². The van der Waals surface area contributed by atoms with Gasteiger partial charge in [0.1, 0.15) is 0 Å². The Morgan fingerprint density at radius 2 is 1.94 bits per heavy atom. The van der Waals surface area contributed by atoms with E-state index < -0.39 is 0 Å². The molecule has 2 rings (SSSR count). The third kappa shape index (κ3) is 3.23. The highest BCUT2D eigenvalue weighted by atomic mass is 15.2. The molecule has 2 fully saturated rings. The Morgan fingerprint density at radius 1 is 1.24 bits per heavy atom. The van der Waals surface area contributed by atoms with Crippen LogP contribution >= 0.6 is 0 Å². The summed E-state index contributed by atoms with van der Waals surface area (Å²) in [5, 5.41) is 3.63. The summed E-state index contributed by atoms with van der Waals surface area (Å²) < 4.78 is 0. The zero-order valence-corrected chi connectivity index (χ0v) is 12.0. The lowest BCUT2D eigenvalue weighted by molar-refractivity contribution is 0.118. The van der Waals surface area contributed by atoms with Crippen molar-refractivity contribution in [2.75, 3.05) is 32.7 Å². The molecule has 0 saturated carbocycles. The van der Waals surface area contributed by atoms with Crippen LogP contribution in [0.2, 0.25) is 0 Å². The number of hydrogen-bond acceptors (Lipinski definition) is 2. The molecule has 0 aliphatic carbocycles. The number of piperidine rings is 1. The summed E-state index contributed by atoms with van der Waals surface area (Å²) in [7, 11) is 0. The van der Waals surface area contributed by atoms with E-state index in [1.165, 1.54) is 58.4 Å². The second-order valence-corrected chi connectivity index (χ2v) is 6.68. The van der Waals surface area contributed by atoms with Crippen molar-refractivity contribution in [2.45, 2.75) is 46.5 Å². The van der Waals surface area contributed by atoms with Crippen molar-refractivity contribution < 1.29 is 0 Å². The van der Waals surface area contributed by atoms with Crippen LogP contribution in [0, 0.1) is 17.3 Å². The van der Waals surface area contributed by atoms with E-state index in [2.05, 4.69) is 31.0 Å². The molecule has 1 N–H and O–H groups in total. The van der Waals surface area contributed by atoms with E-state index in [1.807, 2.05) is 0 Å². The monoisotopic (exact) mass is 238 g/mol. The van der Waals surface area contributed by atoms with E-state index in [9.17, 15) is 0 Å². The Balaban J connectivity index is 1.93. The molecular weight excluding hydrogens is 208 g/mol. The van der Waals surface area contributed by atoms with Gasteiger partial charge in [0.25, 0.3) is 0 Å². The van der Waals surface area contributed by atoms with Gasteiger partial charge in [-0.2, -0.15) is 0 Å². The van der Waals surface area contributed by atoms with E-state index >= 15 is 0 Å². The SMILES string of the molecule is CCCC1(CN2CC(C)C(C)C2)CCCNC1. The van der Waals surface area contributed by atoms with Gasteiger partial charge in [-0.05, 0) is 43.1 Å². The average molecular weight is 238 g/mol. The van der Waals surface area contributed by atoms with E-state index in [1.54, 1.807) is 0 Å². The summed E-state index contributed by atoms with van der Waals surface area (Å²) in [6, 6.07) is 0. The number of likely N-dealkylation sites (tertiary alicyclic amines) is 1. The molecule has 3 atom stereocenters. The van der Waals surface area contributed by atoms with E-state index in [4.69, 9.17) is 0 Å². The van der Waals surface area contributed by atoms with Crippen molar-refractivity contribution in [2.24, 2.45) is 17.3 Å². The van der Waals surface area contributed by atoms with Crippen LogP contribution in [-0.2, 0) is 0 Å². The summed E-state index contributed by atoms with van der Waals surface area (Å²) in [4.78, 5) is 2.73. The summed E-state index contributed by atoms with van der Waals surface area (Å²) in [6.07, 6.45) is 5.55. The Bertz CT molecular complexity index is 218. The van der Waals surface area contributed by atoms with E-state index in [-0.39, 0.29) is 0 Å². The standard InChI is InChI=1S/C15H30N2/c1-4-6-15(7-5-8-16-11-15)12-17-9-13(2)14(3)10-17/h13-14,16H,4-12H2,1-3H3. The fourth-order valence-electron chi connectivity index (χ4n) is 3.84. The van der Waals surface area contributed by atoms with Crippen molar-refractivity contribution in [1.82, 2.24) is 10.2 Å². The molecule has 2 heteroatoms. The normalized spacial score (nSPS) is 39.7. The number of nitrogens with zero attached hydrogens (tertiary/aromatic N) is 1. The summed E-state index contributed by atoms with van der Waals surface area (Å²) in [5.74, 6) is 1.79. The first-order valence-electron chi connectivity index (χ1n) is 7.58. The predicted molar refractivity (Wildman–Crippen MR) is 74.2 cm³/mol. The van der Waals surface area contributed by atoms with Gasteiger partial charge in [-0.1, -0.05) is 27.2 Å². The van der Waals surface area contributed by atoms with Gasteiger partial charge in [0.2, 0.25) is 0 Å². The lowest BCUT2D eigenvalue weighted by Gasteiger charge is -2.40. The van der Waals surface area contributed by atoms with E-state index in [0.29, 0.717) is 5.41 Å². The Kier molecular flexibility index (Phi) is 4.48. The van der Waals surface area contributed by atoms with Crippen molar-refractivity contribution in [3.8, 4) is 0 Å². The molecule has 3 unspecified atom stereocenters. The highest BCUT2D eigenvalue weighted by Crippen LogP contribution is 2.35. The predicted octanol–water partition coefficient (Wildman–Crippen LogP) is 2.74. The van der Waals surface area contributed by atoms with Crippen molar-refractivity contribution in [3.63, 3.8) is 0 Å². The lowest BCUT2D eigenvalue weighted by Crippen LogP contribution is -2.47. The first-order chi connectivity index (χ1) is 8.15. The molecule has 100 valence electrons. The average Bonchev–Trinajstić information content (AvgIpc) is 2.59. The van der Waals surface area contributed by atoms with Crippen LogP contribution in [0.15, 0.2) is 0 Å². The molecule has 2 heterocycles. The van der Waals surface area contributed by atoms with Crippen LogP contribution in [0.1, 0.15) is 46.5 Å². The maximum atomic E-state index is 3.63. The van der Waals surface area contributed by atoms with Gasteiger partial charge in [0.05, 0.1) is 0 Å². The molecule has 17 heavy (non-hydrogen) atoms. The maximum Gasteiger partial charge on any atom is 0.00504 e. The van der Waals surface area contributed by atoms with Crippen LogP contribution in [0.3, 0.4) is 0 Å². The molecule has 2 aliphatic heterocycles. The van der Waals surface area contributed by atoms with Gasteiger partial charge in [-0.15, -0.1) is 0 Å². The minimum Gasteiger partial charge on any atom is -0.316 e. The van der Waals surface area contributed by atoms with Crippen molar-refractivity contribution in [3.05, 3.63) is 0 Å². The van der Waals surface area contributed by atoms with E-state index in [0.717, 1.165) is 11.8 Å². The number of rotatable bonds is 4. The van der Waals surface area contributed by atoms with Gasteiger partial charge < -0.3 is 10.2 Å². The number of nitrogens with one attached hydrogen (secondary N) is 1. The highest BCUT2D eigenvalue weighted by molar-refractivity contribution is 4.90. The molecule has 2 saturated heterocycles. The molecule has 0 spiro atoms. The summed E-state index contributed by atoms with van der Waals surface area (Å²) in [5.41, 5.74) is 0.580. The minimum absolute atomic E-state index is 0.580. The van der Waals surface area contributed by atoms with Gasteiger partial charge in [0.15, 0.2) is 0 Å². The molecule has 0 bridgehead atoms. The maximum absolute atomic E-state index is 3.63. The quantitative estimate of drug-likeness (QED) is 0.810. The number of hydrogen-bond donors (Lipinski definition) is 1. The third-order valence-corrected chi connectivity index (χ3v) is 4.96. The first kappa shape index (κ1) is 13.4. The third-order valence-electron chi connectivity index (χ3n) is 4.96. The molecule has 2 nitrogen and oxygen atoms in total. The summed E-state index contributed by atoms with van der Waals surface area (Å²) in [6.45, 7) is 13.6. The van der Waals surface area contributed by atoms with Crippen LogP contribution < -0.4 is 5.32 Å². The minimum atomic E-state index is 0.580. The van der Waals surface area contributed by atoms with Crippen LogP contribution in [0.25, 0.3) is 0 Å². The molecule has 0 amide bonds. The lowest BCUT2D eigenvalue weighted by atomic mass is 9.76. The molecule has 0 radical (unpaired) electrons. The Hall–Kier alpha value is -0.0800. The largest absolute Gasteiger partial charge is 0.316 e. The highest BCUT2D eigenvalue weighted by Gasteiger charge is 2.36. The second-order valence-electron chi connectivity index (χ2n) is 6.68. The fourth-order valence-corrected chi connectivity index (χ4v) is 3.84. The van der Waals surface area contributed by atoms with Crippen LogP contribution in [0.4, 0.5) is 0 Å². The van der Waals surface area contributed by atoms with Gasteiger partial charge in [-0.3, -0.25) is 0 Å². The Labute approximate surface area is 107 Å². The molecule has 2 aliphatic rings. The first-order valence-corrected chi connectivity index (χ1v) is 7.58. The Morgan fingerprint density at radius 3 is 2.47 bits per heavy atom. The van der Waals surface area contributed by atoms with Gasteiger partial charge >= 0.3 is 0 Å². The molecular formula is C15H30N2. The van der Waals surface area contributed by atoms with Crippen molar-refractivity contribution in [1.29, 1.82) is 0 Å². The topological polar surface area (TPSA) is 15.3 Å².